The van der Waals surface area contributed by atoms with Crippen LogP contribution in [0.5, 0.6) is 0 Å². The number of carbonyl (C=O) groups excluding carboxylic acids is 2. The van der Waals surface area contributed by atoms with Gasteiger partial charge in [-0.25, -0.2) is 10.1 Å². The first-order valence-corrected chi connectivity index (χ1v) is 10.9. The minimum absolute atomic E-state index is 0.148. The number of rotatable bonds is 17. The van der Waals surface area contributed by atoms with Crippen LogP contribution in [0.1, 0.15) is 85.0 Å². The van der Waals surface area contributed by atoms with Crippen molar-refractivity contribution in [1.82, 2.24) is 21.4 Å². The van der Waals surface area contributed by atoms with Gasteiger partial charge >= 0.3 is 0 Å². The molecule has 1 atom stereocenters. The number of amides is 2. The average molecular weight is 428 g/mol. The molecular formula is C20H39N6O4. The summed E-state index contributed by atoms with van der Waals surface area (Å²) in [6.45, 7) is 8.22. The van der Waals surface area contributed by atoms with E-state index in [1.54, 1.807) is 12.0 Å². The van der Waals surface area contributed by atoms with Gasteiger partial charge in [-0.05, 0) is 31.6 Å². The van der Waals surface area contributed by atoms with Crippen molar-refractivity contribution in [2.75, 3.05) is 6.54 Å². The highest BCUT2D eigenvalue weighted by molar-refractivity contribution is 5.87. The Morgan fingerprint density at radius 1 is 1.10 bits per heavy atom. The highest BCUT2D eigenvalue weighted by Crippen LogP contribution is 2.08. The van der Waals surface area contributed by atoms with E-state index in [9.17, 15) is 19.7 Å². The lowest BCUT2D eigenvalue weighted by molar-refractivity contribution is -0.525. The van der Waals surface area contributed by atoms with E-state index < -0.39 is 17.0 Å². The summed E-state index contributed by atoms with van der Waals surface area (Å²) in [6.07, 6.45) is 8.44. The molecule has 0 aromatic carbocycles. The van der Waals surface area contributed by atoms with Crippen LogP contribution in [-0.2, 0) is 9.59 Å². The van der Waals surface area contributed by atoms with Gasteiger partial charge in [0.15, 0.2) is 5.03 Å². The highest BCUT2D eigenvalue weighted by atomic mass is 16.7. The van der Waals surface area contributed by atoms with Crippen LogP contribution in [0.2, 0.25) is 0 Å². The minimum Gasteiger partial charge on any atom is -0.352 e. The van der Waals surface area contributed by atoms with Gasteiger partial charge in [-0.3, -0.25) is 15.0 Å². The fourth-order valence-corrected chi connectivity index (χ4v) is 2.75. The Hall–Kier alpha value is -2.39. The first kappa shape index (κ1) is 27.6. The molecule has 0 saturated carbocycles. The first-order valence-electron chi connectivity index (χ1n) is 10.9. The Morgan fingerprint density at radius 3 is 2.40 bits per heavy atom. The van der Waals surface area contributed by atoms with E-state index in [1.807, 2.05) is 13.8 Å². The van der Waals surface area contributed by atoms with Crippen LogP contribution in [0.3, 0.4) is 0 Å². The van der Waals surface area contributed by atoms with Crippen LogP contribution in [0.15, 0.2) is 0 Å². The fourth-order valence-electron chi connectivity index (χ4n) is 2.75. The Kier molecular flexibility index (Phi) is 16.1. The lowest BCUT2D eigenvalue weighted by atomic mass is 10.1. The standard InChI is InChI=1S/C20H39N6O4/c1-4-5-6-7-8-9-12-18(27)24-17(19(28)22-15-13-16(2)3)11-10-14-23-20(21)25-26(29)30/h15-17H,4-14H2,1-3H3,(H,22,28)(H,24,27)(H3,21,23,25)/t17-/m0/s1. The molecule has 0 aromatic heterocycles. The number of hydrogen-bond donors (Lipinski definition) is 5. The molecule has 0 fully saturated rings. The molecule has 0 saturated heterocycles. The summed E-state index contributed by atoms with van der Waals surface area (Å²) in [7, 11) is 0. The largest absolute Gasteiger partial charge is 0.352 e. The molecule has 0 spiro atoms. The van der Waals surface area contributed by atoms with Crippen LogP contribution in [0, 0.1) is 28.0 Å². The van der Waals surface area contributed by atoms with E-state index in [0.29, 0.717) is 25.2 Å². The smallest absolute Gasteiger partial charge is 0.251 e. The molecule has 0 bridgehead atoms. The van der Waals surface area contributed by atoms with Crippen molar-refractivity contribution < 1.29 is 14.6 Å². The maximum Gasteiger partial charge on any atom is 0.251 e. The van der Waals surface area contributed by atoms with Crippen LogP contribution in [0.4, 0.5) is 0 Å². The van der Waals surface area contributed by atoms with Crippen LogP contribution >= 0.6 is 0 Å². The summed E-state index contributed by atoms with van der Waals surface area (Å²) in [5.41, 5.74) is 1.71. The molecule has 0 unspecified atom stereocenters. The average Bonchev–Trinajstić information content (AvgIpc) is 2.66. The number of nitro groups is 1. The number of nitrogens with one attached hydrogen (secondary N) is 5. The van der Waals surface area contributed by atoms with E-state index in [-0.39, 0.29) is 18.4 Å². The molecule has 0 aliphatic carbocycles. The third-order valence-corrected chi connectivity index (χ3v) is 4.42. The second-order valence-electron chi connectivity index (χ2n) is 7.79. The lowest BCUT2D eigenvalue weighted by Gasteiger charge is -2.19. The molecule has 10 heteroatoms. The topological polar surface area (TPSA) is 149 Å². The second kappa shape index (κ2) is 17.5. The maximum absolute atomic E-state index is 12.5. The molecule has 0 aliphatic rings. The van der Waals surface area contributed by atoms with Gasteiger partial charge < -0.3 is 16.0 Å². The molecule has 0 heterocycles. The summed E-state index contributed by atoms with van der Waals surface area (Å²) in [6, 6.07) is -0.680. The van der Waals surface area contributed by atoms with Gasteiger partial charge in [0.05, 0.1) is 0 Å². The van der Waals surface area contributed by atoms with Gasteiger partial charge in [-0.15, -0.1) is 0 Å². The van der Waals surface area contributed by atoms with Crippen molar-refractivity contribution in [2.45, 2.75) is 91.0 Å². The Labute approximate surface area is 180 Å². The minimum atomic E-state index is -0.821. The maximum atomic E-state index is 12.5. The molecule has 5 N–H and O–H groups in total. The third kappa shape index (κ3) is 16.6. The van der Waals surface area contributed by atoms with Gasteiger partial charge in [0.1, 0.15) is 6.04 Å². The van der Waals surface area contributed by atoms with Crippen molar-refractivity contribution in [3.63, 3.8) is 0 Å². The summed E-state index contributed by atoms with van der Waals surface area (Å²) in [5, 5.41) is 24.9. The SMILES string of the molecule is CCCCCCCCC(=O)N[C@@H](CCCNC(=N)N[N+](=O)[O-])C(=O)N[CH]CC(C)C. The number of hydrazine groups is 1. The van der Waals surface area contributed by atoms with E-state index >= 15 is 0 Å². The predicted octanol–water partition coefficient (Wildman–Crippen LogP) is 2.63. The zero-order valence-corrected chi connectivity index (χ0v) is 18.6. The van der Waals surface area contributed by atoms with E-state index in [2.05, 4.69) is 22.9 Å². The first-order chi connectivity index (χ1) is 14.3. The molecular weight excluding hydrogens is 388 g/mol. The molecule has 0 aliphatic heterocycles. The zero-order chi connectivity index (χ0) is 22.8. The monoisotopic (exact) mass is 427 g/mol. The molecule has 30 heavy (non-hydrogen) atoms. The van der Waals surface area contributed by atoms with Crippen molar-refractivity contribution in [2.24, 2.45) is 5.92 Å². The highest BCUT2D eigenvalue weighted by Gasteiger charge is 2.20. The van der Waals surface area contributed by atoms with E-state index in [4.69, 9.17) is 5.41 Å². The van der Waals surface area contributed by atoms with Crippen molar-refractivity contribution >= 4 is 17.8 Å². The number of hydrogen-bond acceptors (Lipinski definition) is 5. The van der Waals surface area contributed by atoms with Crippen LogP contribution in [0.25, 0.3) is 0 Å². The normalized spacial score (nSPS) is 11.6. The molecule has 2 amide bonds. The molecule has 173 valence electrons. The predicted molar refractivity (Wildman–Crippen MR) is 117 cm³/mol. The van der Waals surface area contributed by atoms with Crippen LogP contribution < -0.4 is 21.4 Å². The summed E-state index contributed by atoms with van der Waals surface area (Å²) in [4.78, 5) is 35.0. The summed E-state index contributed by atoms with van der Waals surface area (Å²) < 4.78 is 0. The van der Waals surface area contributed by atoms with Crippen molar-refractivity contribution in [1.29, 1.82) is 5.41 Å². The molecule has 1 radical (unpaired) electrons. The third-order valence-electron chi connectivity index (χ3n) is 4.42. The Balaban J connectivity index is 4.41. The molecule has 0 rings (SSSR count). The van der Waals surface area contributed by atoms with Gasteiger partial charge in [0.2, 0.25) is 11.8 Å². The van der Waals surface area contributed by atoms with Gasteiger partial charge in [-0.1, -0.05) is 58.3 Å². The van der Waals surface area contributed by atoms with E-state index in [0.717, 1.165) is 25.7 Å². The van der Waals surface area contributed by atoms with Gasteiger partial charge in [0.25, 0.3) is 5.96 Å². The number of nitrogens with zero attached hydrogens (tertiary/aromatic N) is 1. The van der Waals surface area contributed by atoms with E-state index in [1.165, 1.54) is 19.3 Å². The zero-order valence-electron chi connectivity index (χ0n) is 18.6. The summed E-state index contributed by atoms with van der Waals surface area (Å²) >= 11 is 0. The second-order valence-corrected chi connectivity index (χ2v) is 7.79. The van der Waals surface area contributed by atoms with Crippen LogP contribution in [-0.4, -0.2) is 35.4 Å². The fraction of sp³-hybridized carbons (Fsp3) is 0.800. The molecule has 10 nitrogen and oxygen atoms in total. The Bertz CT molecular complexity index is 527. The number of unbranched alkanes of at least 4 members (excludes halogenated alkanes) is 5. The quantitative estimate of drug-likeness (QED) is 0.0792. The Morgan fingerprint density at radius 2 is 1.77 bits per heavy atom. The number of carbonyl (C=O) groups is 2. The van der Waals surface area contributed by atoms with Gasteiger partial charge in [0, 0.05) is 19.5 Å². The van der Waals surface area contributed by atoms with Gasteiger partial charge in [-0.2, -0.15) is 0 Å². The number of guanidine groups is 1. The lowest BCUT2D eigenvalue weighted by Crippen LogP contribution is -2.46. The van der Waals surface area contributed by atoms with Crippen molar-refractivity contribution in [3.8, 4) is 0 Å². The summed E-state index contributed by atoms with van der Waals surface area (Å²) in [5.74, 6) is -0.426. The molecule has 0 aromatic rings. The van der Waals surface area contributed by atoms with Crippen molar-refractivity contribution in [3.05, 3.63) is 16.7 Å².